The lowest BCUT2D eigenvalue weighted by Gasteiger charge is -2.31. The van der Waals surface area contributed by atoms with Crippen LogP contribution in [0.5, 0.6) is 23.0 Å². The third-order valence-electron chi connectivity index (χ3n) is 5.82. The zero-order chi connectivity index (χ0) is 21.0. The van der Waals surface area contributed by atoms with E-state index in [9.17, 15) is 4.79 Å². The summed E-state index contributed by atoms with van der Waals surface area (Å²) in [4.78, 5) is 14.5. The molecule has 7 heteroatoms. The Balaban J connectivity index is 1.04. The highest BCUT2D eigenvalue weighted by molar-refractivity contribution is 5.87. The summed E-state index contributed by atoms with van der Waals surface area (Å²) in [6.45, 7) is 3.87. The number of fused-ring (bicyclic) bond motifs is 2. The largest absolute Gasteiger partial charge is 0.462 e. The van der Waals surface area contributed by atoms with E-state index in [-0.39, 0.29) is 12.8 Å². The first-order chi connectivity index (χ1) is 15.2. The third-order valence-corrected chi connectivity index (χ3v) is 5.82. The number of carbonyl (C=O) groups is 1. The fourth-order valence-electron chi connectivity index (χ4n) is 4.04. The van der Waals surface area contributed by atoms with Gasteiger partial charge in [0.1, 0.15) is 0 Å². The van der Waals surface area contributed by atoms with E-state index < -0.39 is 0 Å². The van der Waals surface area contributed by atoms with Crippen LogP contribution in [0.4, 0.5) is 0 Å². The topological polar surface area (TPSA) is 66.5 Å². The van der Waals surface area contributed by atoms with Crippen molar-refractivity contribution in [3.8, 4) is 23.0 Å². The summed E-state index contributed by atoms with van der Waals surface area (Å²) in [6.07, 6.45) is 5.23. The smallest absolute Gasteiger partial charge is 0.330 e. The number of piperidine rings is 1. The Hall–Kier alpha value is -3.19. The molecule has 0 amide bonds. The molecule has 0 unspecified atom stereocenters. The van der Waals surface area contributed by atoms with Crippen LogP contribution in [-0.2, 0) is 16.1 Å². The van der Waals surface area contributed by atoms with Crippen molar-refractivity contribution in [2.75, 3.05) is 33.3 Å². The minimum atomic E-state index is -0.319. The highest BCUT2D eigenvalue weighted by Crippen LogP contribution is 2.34. The Bertz CT molecular complexity index is 980. The van der Waals surface area contributed by atoms with Crippen molar-refractivity contribution in [1.82, 2.24) is 4.90 Å². The van der Waals surface area contributed by atoms with Crippen LogP contribution >= 0.6 is 0 Å². The lowest BCUT2D eigenvalue weighted by molar-refractivity contribution is -0.139. The van der Waals surface area contributed by atoms with Gasteiger partial charge < -0.3 is 23.7 Å². The second kappa shape index (κ2) is 8.89. The van der Waals surface area contributed by atoms with Crippen LogP contribution in [0.3, 0.4) is 0 Å². The van der Waals surface area contributed by atoms with E-state index in [0.717, 1.165) is 55.3 Å². The van der Waals surface area contributed by atoms with E-state index in [1.807, 2.05) is 24.3 Å². The Kier molecular flexibility index (Phi) is 5.67. The molecule has 162 valence electrons. The molecule has 0 aliphatic carbocycles. The van der Waals surface area contributed by atoms with Crippen molar-refractivity contribution < 1.29 is 28.5 Å². The molecule has 0 spiro atoms. The van der Waals surface area contributed by atoms with E-state index in [2.05, 4.69) is 17.0 Å². The van der Waals surface area contributed by atoms with Crippen LogP contribution in [0, 0.1) is 5.92 Å². The second-order valence-electron chi connectivity index (χ2n) is 7.98. The summed E-state index contributed by atoms with van der Waals surface area (Å²) in [5.41, 5.74) is 2.10. The van der Waals surface area contributed by atoms with E-state index >= 15 is 0 Å². The fraction of sp³-hybridized carbons (Fsp3) is 0.375. The maximum Gasteiger partial charge on any atom is 0.330 e. The van der Waals surface area contributed by atoms with Gasteiger partial charge in [-0.3, -0.25) is 4.90 Å². The monoisotopic (exact) mass is 423 g/mol. The molecule has 0 atom stereocenters. The van der Waals surface area contributed by atoms with E-state index in [1.54, 1.807) is 6.08 Å². The molecule has 3 aliphatic heterocycles. The Morgan fingerprint density at radius 2 is 1.61 bits per heavy atom. The molecule has 0 saturated carbocycles. The number of benzene rings is 2. The second-order valence-corrected chi connectivity index (χ2v) is 7.98. The van der Waals surface area contributed by atoms with E-state index in [0.29, 0.717) is 25.1 Å². The third kappa shape index (κ3) is 4.77. The number of likely N-dealkylation sites (tertiary alicyclic amines) is 1. The molecule has 0 radical (unpaired) electrons. The van der Waals surface area contributed by atoms with Gasteiger partial charge in [-0.05, 0) is 73.3 Å². The Morgan fingerprint density at radius 3 is 2.39 bits per heavy atom. The van der Waals surface area contributed by atoms with Gasteiger partial charge in [0, 0.05) is 12.6 Å². The van der Waals surface area contributed by atoms with Gasteiger partial charge in [0.05, 0.1) is 6.61 Å². The number of carbonyl (C=O) groups excluding carboxylic acids is 1. The van der Waals surface area contributed by atoms with Crippen molar-refractivity contribution in [3.05, 3.63) is 53.6 Å². The fourth-order valence-corrected chi connectivity index (χ4v) is 4.04. The summed E-state index contributed by atoms with van der Waals surface area (Å²) in [5, 5.41) is 0. The van der Waals surface area contributed by atoms with Gasteiger partial charge in [0.15, 0.2) is 23.0 Å². The average molecular weight is 423 g/mol. The van der Waals surface area contributed by atoms with Crippen molar-refractivity contribution in [2.45, 2.75) is 19.4 Å². The molecule has 0 aromatic heterocycles. The highest BCUT2D eigenvalue weighted by atomic mass is 16.7. The van der Waals surface area contributed by atoms with Gasteiger partial charge in [-0.1, -0.05) is 12.1 Å². The normalized spacial score (nSPS) is 17.9. The first-order valence-corrected chi connectivity index (χ1v) is 10.6. The summed E-state index contributed by atoms with van der Waals surface area (Å²) in [6, 6.07) is 11.7. The number of rotatable bonds is 6. The number of esters is 1. The number of nitrogens with zero attached hydrogens (tertiary/aromatic N) is 1. The average Bonchev–Trinajstić information content (AvgIpc) is 3.45. The number of hydrogen-bond donors (Lipinski definition) is 0. The molecular weight excluding hydrogens is 398 g/mol. The summed E-state index contributed by atoms with van der Waals surface area (Å²) in [5.74, 6) is 3.15. The first kappa shape index (κ1) is 19.8. The first-order valence-electron chi connectivity index (χ1n) is 10.6. The molecule has 2 aromatic rings. The molecule has 0 N–H and O–H groups in total. The van der Waals surface area contributed by atoms with E-state index in [1.165, 1.54) is 11.6 Å². The highest BCUT2D eigenvalue weighted by Gasteiger charge is 2.21. The van der Waals surface area contributed by atoms with Crippen LogP contribution < -0.4 is 18.9 Å². The molecule has 31 heavy (non-hydrogen) atoms. The van der Waals surface area contributed by atoms with Crippen molar-refractivity contribution in [3.63, 3.8) is 0 Å². The maximum absolute atomic E-state index is 12.1. The van der Waals surface area contributed by atoms with Gasteiger partial charge in [-0.25, -0.2) is 4.79 Å². The van der Waals surface area contributed by atoms with Gasteiger partial charge >= 0.3 is 5.97 Å². The van der Waals surface area contributed by atoms with Gasteiger partial charge in [0.2, 0.25) is 13.6 Å². The standard InChI is InChI=1S/C24H25NO6/c26-24(6-3-17-1-4-20-22(11-17)30-15-28-20)27-14-18-7-9-25(10-8-18)13-19-2-5-21-23(12-19)31-16-29-21/h1-6,11-12,18H,7-10,13-16H2/b6-3+. The van der Waals surface area contributed by atoms with Crippen LogP contribution in [0.15, 0.2) is 42.5 Å². The van der Waals surface area contributed by atoms with Crippen molar-refractivity contribution in [2.24, 2.45) is 5.92 Å². The molecule has 1 fully saturated rings. The number of ether oxygens (including phenoxy) is 5. The molecule has 5 rings (SSSR count). The summed E-state index contributed by atoms with van der Waals surface area (Å²) in [7, 11) is 0. The molecule has 2 aromatic carbocycles. The minimum absolute atomic E-state index is 0.236. The van der Waals surface area contributed by atoms with Gasteiger partial charge in [0.25, 0.3) is 0 Å². The van der Waals surface area contributed by atoms with Crippen LogP contribution in [-0.4, -0.2) is 44.2 Å². The van der Waals surface area contributed by atoms with E-state index in [4.69, 9.17) is 23.7 Å². The summed E-state index contributed by atoms with van der Waals surface area (Å²) < 4.78 is 26.9. The molecule has 7 nitrogen and oxygen atoms in total. The SMILES string of the molecule is O=C(/C=C/c1ccc2c(c1)OCO2)OCC1CCN(Cc2ccc3c(c2)OCO3)CC1. The zero-order valence-corrected chi connectivity index (χ0v) is 17.2. The Labute approximate surface area is 181 Å². The lowest BCUT2D eigenvalue weighted by Crippen LogP contribution is -2.34. The van der Waals surface area contributed by atoms with Crippen LogP contribution in [0.25, 0.3) is 6.08 Å². The van der Waals surface area contributed by atoms with Crippen molar-refractivity contribution >= 4 is 12.0 Å². The predicted octanol–water partition coefficient (Wildman–Crippen LogP) is 3.61. The molecule has 3 heterocycles. The maximum atomic E-state index is 12.1. The zero-order valence-electron chi connectivity index (χ0n) is 17.2. The number of hydrogen-bond acceptors (Lipinski definition) is 7. The molecular formula is C24H25NO6. The lowest BCUT2D eigenvalue weighted by atomic mass is 9.97. The van der Waals surface area contributed by atoms with Crippen LogP contribution in [0.1, 0.15) is 24.0 Å². The quantitative estimate of drug-likeness (QED) is 0.519. The summed E-state index contributed by atoms with van der Waals surface area (Å²) >= 11 is 0. The van der Waals surface area contributed by atoms with Crippen molar-refractivity contribution in [1.29, 1.82) is 0 Å². The van der Waals surface area contributed by atoms with Gasteiger partial charge in [-0.2, -0.15) is 0 Å². The van der Waals surface area contributed by atoms with Crippen LogP contribution in [0.2, 0.25) is 0 Å². The molecule has 1 saturated heterocycles. The molecule has 3 aliphatic rings. The predicted molar refractivity (Wildman–Crippen MR) is 113 cm³/mol. The molecule has 0 bridgehead atoms. The van der Waals surface area contributed by atoms with Gasteiger partial charge in [-0.15, -0.1) is 0 Å². The Morgan fingerprint density at radius 1 is 0.935 bits per heavy atom. The minimum Gasteiger partial charge on any atom is -0.462 e.